The van der Waals surface area contributed by atoms with Crippen LogP contribution in [0.2, 0.25) is 0 Å². The number of halogens is 1. The second-order valence-corrected chi connectivity index (χ2v) is 5.36. The highest BCUT2D eigenvalue weighted by Gasteiger charge is 2.13. The van der Waals surface area contributed by atoms with Crippen LogP contribution in [-0.2, 0) is 6.54 Å². The van der Waals surface area contributed by atoms with Gasteiger partial charge >= 0.3 is 0 Å². The Labute approximate surface area is 136 Å². The summed E-state index contributed by atoms with van der Waals surface area (Å²) in [7, 11) is 0. The lowest BCUT2D eigenvalue weighted by Gasteiger charge is -2.26. The molecule has 22 heavy (non-hydrogen) atoms. The lowest BCUT2D eigenvalue weighted by molar-refractivity contribution is -0.742. The number of rotatable bonds is 3. The summed E-state index contributed by atoms with van der Waals surface area (Å²) in [5.41, 5.74) is 11.7. The van der Waals surface area contributed by atoms with Crippen molar-refractivity contribution in [2.75, 3.05) is 0 Å². The zero-order valence-corrected chi connectivity index (χ0v) is 13.8. The molecule has 0 saturated heterocycles. The molecule has 9 nitrogen and oxygen atoms in total. The summed E-state index contributed by atoms with van der Waals surface area (Å²) < 4.78 is 1.03. The molecule has 0 fully saturated rings. The number of aliphatic imine (C=N–C) groups is 1. The van der Waals surface area contributed by atoms with Gasteiger partial charge in [0.1, 0.15) is 0 Å². The van der Waals surface area contributed by atoms with Gasteiger partial charge in [0.05, 0.1) is 0 Å². The zero-order chi connectivity index (χ0) is 17.3. The number of benzene rings is 1. The minimum absolute atomic E-state index is 0.0768. The third-order valence-corrected chi connectivity index (χ3v) is 2.93. The minimum Gasteiger partial charge on any atom is -0.370 e. The van der Waals surface area contributed by atoms with Gasteiger partial charge in [-0.3, -0.25) is 5.41 Å². The average Bonchev–Trinajstić information content (AvgIpc) is 2.35. The number of hydrogen-bond donors (Lipinski definition) is 4. The predicted octanol–water partition coefficient (Wildman–Crippen LogP) is 1.52. The summed E-state index contributed by atoms with van der Waals surface area (Å²) in [4.78, 5) is 14.0. The number of nitrogens with two attached hydrogens (primary N) is 2. The molecule has 0 aliphatic rings. The van der Waals surface area contributed by atoms with Gasteiger partial charge in [0.25, 0.3) is 5.09 Å². The first-order chi connectivity index (χ1) is 10.1. The van der Waals surface area contributed by atoms with E-state index in [9.17, 15) is 0 Å². The molecule has 1 aromatic carbocycles. The Morgan fingerprint density at radius 3 is 2.27 bits per heavy atom. The molecule has 0 aliphatic heterocycles. The molecule has 10 heteroatoms. The fourth-order valence-electron chi connectivity index (χ4n) is 1.48. The van der Waals surface area contributed by atoms with Gasteiger partial charge in [-0.25, -0.2) is 0 Å². The van der Waals surface area contributed by atoms with Crippen LogP contribution in [0.15, 0.2) is 33.7 Å². The Morgan fingerprint density at radius 2 is 1.91 bits per heavy atom. The molecule has 0 spiro atoms. The first kappa shape index (κ1) is 19.6. The van der Waals surface area contributed by atoms with Crippen molar-refractivity contribution in [2.45, 2.75) is 26.4 Å². The van der Waals surface area contributed by atoms with Gasteiger partial charge in [-0.2, -0.15) is 4.99 Å². The molecule has 122 valence electrons. The van der Waals surface area contributed by atoms with Crippen molar-refractivity contribution >= 4 is 27.8 Å². The maximum Gasteiger partial charge on any atom is 0.291 e. The van der Waals surface area contributed by atoms with Crippen LogP contribution >= 0.6 is 15.9 Å². The fraction of sp³-hybridized carbons (Fsp3) is 0.333. The Hall–Kier alpha value is -2.36. The van der Waals surface area contributed by atoms with E-state index in [0.29, 0.717) is 6.54 Å². The van der Waals surface area contributed by atoms with Crippen molar-refractivity contribution in [1.82, 2.24) is 4.90 Å². The molecule has 0 amide bonds. The van der Waals surface area contributed by atoms with Crippen molar-refractivity contribution in [2.24, 2.45) is 16.5 Å². The van der Waals surface area contributed by atoms with Gasteiger partial charge in [0, 0.05) is 17.1 Å². The molecule has 0 saturated carbocycles. The SMILES string of the molecule is CC(C)N(Cc1ccc(Br)cc1)C(=N)N=C(N)N.O=[N+]([O-])O. The van der Waals surface area contributed by atoms with Crippen LogP contribution in [0.25, 0.3) is 0 Å². The molecule has 0 aromatic heterocycles. The molecule has 6 N–H and O–H groups in total. The van der Waals surface area contributed by atoms with E-state index in [1.165, 1.54) is 0 Å². The van der Waals surface area contributed by atoms with E-state index >= 15 is 0 Å². The molecule has 1 aromatic rings. The summed E-state index contributed by atoms with van der Waals surface area (Å²) in [6.07, 6.45) is 0. The maximum absolute atomic E-state index is 8.36. The standard InChI is InChI=1S/C12H18BrN5.HNO3/c1-8(2)18(12(16)17-11(14)15)7-9-3-5-10(13)6-4-9;2-1(3)4/h3-6,8H,7H2,1-2H3,(H5,14,15,16,17);(H,2,3,4). The van der Waals surface area contributed by atoms with Crippen molar-refractivity contribution < 1.29 is 10.3 Å². The Morgan fingerprint density at radius 1 is 1.45 bits per heavy atom. The maximum atomic E-state index is 8.36. The van der Waals surface area contributed by atoms with Crippen LogP contribution in [0.1, 0.15) is 19.4 Å². The van der Waals surface area contributed by atoms with Crippen LogP contribution in [0, 0.1) is 15.5 Å². The topological polar surface area (TPSA) is 155 Å². The quantitative estimate of drug-likeness (QED) is 0.272. The second-order valence-electron chi connectivity index (χ2n) is 4.45. The molecule has 1 rings (SSSR count). The van der Waals surface area contributed by atoms with E-state index in [0.717, 1.165) is 10.0 Å². The number of nitrogens with one attached hydrogen (secondary N) is 1. The normalized spacial score (nSPS) is 9.45. The van der Waals surface area contributed by atoms with E-state index < -0.39 is 5.09 Å². The first-order valence-electron chi connectivity index (χ1n) is 6.16. The zero-order valence-electron chi connectivity index (χ0n) is 12.2. The molecule has 0 radical (unpaired) electrons. The predicted molar refractivity (Wildman–Crippen MR) is 87.1 cm³/mol. The van der Waals surface area contributed by atoms with Gasteiger partial charge in [-0.05, 0) is 31.5 Å². The van der Waals surface area contributed by atoms with Gasteiger partial charge in [-0.15, -0.1) is 10.1 Å². The van der Waals surface area contributed by atoms with Crippen LogP contribution < -0.4 is 11.5 Å². The lowest BCUT2D eigenvalue weighted by atomic mass is 10.2. The summed E-state index contributed by atoms with van der Waals surface area (Å²) in [6.45, 7) is 4.59. The van der Waals surface area contributed by atoms with Gasteiger partial charge in [0.15, 0.2) is 5.96 Å². The first-order valence-corrected chi connectivity index (χ1v) is 6.95. The van der Waals surface area contributed by atoms with E-state index in [1.807, 2.05) is 43.0 Å². The molecular formula is C12H19BrN6O3. The van der Waals surface area contributed by atoms with Gasteiger partial charge in [-0.1, -0.05) is 28.1 Å². The summed E-state index contributed by atoms with van der Waals surface area (Å²) in [5, 5.41) is 21.5. The van der Waals surface area contributed by atoms with Crippen LogP contribution in [0.5, 0.6) is 0 Å². The molecule has 0 aliphatic carbocycles. The summed E-state index contributed by atoms with van der Waals surface area (Å²) in [6, 6.07) is 8.09. The number of hydrogen-bond acceptors (Lipinski definition) is 3. The van der Waals surface area contributed by atoms with E-state index in [1.54, 1.807) is 0 Å². The molecular weight excluding hydrogens is 356 g/mol. The summed E-state index contributed by atoms with van der Waals surface area (Å²) >= 11 is 3.39. The molecule has 0 atom stereocenters. The Balaban J connectivity index is 0.000000980. The largest absolute Gasteiger partial charge is 0.370 e. The average molecular weight is 375 g/mol. The van der Waals surface area contributed by atoms with Crippen molar-refractivity contribution in [3.8, 4) is 0 Å². The fourth-order valence-corrected chi connectivity index (χ4v) is 1.74. The lowest BCUT2D eigenvalue weighted by Crippen LogP contribution is -2.37. The highest BCUT2D eigenvalue weighted by molar-refractivity contribution is 9.10. The molecule has 0 unspecified atom stereocenters. The third kappa shape index (κ3) is 8.74. The molecule has 0 heterocycles. The highest BCUT2D eigenvalue weighted by Crippen LogP contribution is 2.14. The smallest absolute Gasteiger partial charge is 0.291 e. The summed E-state index contributed by atoms with van der Waals surface area (Å²) in [5.74, 6) is -0.0191. The van der Waals surface area contributed by atoms with Crippen LogP contribution in [-0.4, -0.2) is 33.2 Å². The van der Waals surface area contributed by atoms with Crippen molar-refractivity contribution in [3.63, 3.8) is 0 Å². The Bertz CT molecular complexity index is 524. The van der Waals surface area contributed by atoms with Crippen LogP contribution in [0.4, 0.5) is 0 Å². The number of guanidine groups is 2. The third-order valence-electron chi connectivity index (χ3n) is 2.40. The van der Waals surface area contributed by atoms with E-state index in [-0.39, 0.29) is 18.0 Å². The van der Waals surface area contributed by atoms with Gasteiger partial charge in [0.2, 0.25) is 5.96 Å². The molecule has 0 bridgehead atoms. The monoisotopic (exact) mass is 374 g/mol. The second kappa shape index (κ2) is 9.55. The number of nitrogens with zero attached hydrogens (tertiary/aromatic N) is 3. The van der Waals surface area contributed by atoms with E-state index in [4.69, 9.17) is 32.2 Å². The highest BCUT2D eigenvalue weighted by atomic mass is 79.9. The van der Waals surface area contributed by atoms with Crippen molar-refractivity contribution in [3.05, 3.63) is 44.4 Å². The van der Waals surface area contributed by atoms with E-state index in [2.05, 4.69) is 20.9 Å². The van der Waals surface area contributed by atoms with Crippen molar-refractivity contribution in [1.29, 1.82) is 5.41 Å². The van der Waals surface area contributed by atoms with Crippen LogP contribution in [0.3, 0.4) is 0 Å². The Kier molecular flexibility index (Phi) is 8.53. The van der Waals surface area contributed by atoms with Gasteiger partial charge < -0.3 is 21.6 Å². The minimum atomic E-state index is -1.50.